The summed E-state index contributed by atoms with van der Waals surface area (Å²) in [6, 6.07) is 27.3. The van der Waals surface area contributed by atoms with E-state index in [4.69, 9.17) is 4.74 Å². The molecule has 0 spiro atoms. The van der Waals surface area contributed by atoms with Gasteiger partial charge in [0.1, 0.15) is 5.75 Å². The molecule has 0 atom stereocenters. The Labute approximate surface area is 186 Å². The summed E-state index contributed by atoms with van der Waals surface area (Å²) in [5, 5.41) is 10.7. The predicted molar refractivity (Wildman–Crippen MR) is 128 cm³/mol. The van der Waals surface area contributed by atoms with Crippen LogP contribution >= 0.6 is 0 Å². The van der Waals surface area contributed by atoms with Crippen molar-refractivity contribution < 1.29 is 4.74 Å². The van der Waals surface area contributed by atoms with E-state index in [1.54, 1.807) is 13.3 Å². The van der Waals surface area contributed by atoms with Crippen molar-refractivity contribution in [1.29, 1.82) is 0 Å². The fourth-order valence-electron chi connectivity index (χ4n) is 2.84. The molecule has 0 aliphatic carbocycles. The maximum atomic E-state index is 5.17. The first-order valence-electron chi connectivity index (χ1n) is 10.1. The van der Waals surface area contributed by atoms with Crippen LogP contribution < -0.4 is 20.8 Å². The molecular formula is C24H23N7O. The van der Waals surface area contributed by atoms with E-state index < -0.39 is 0 Å². The summed E-state index contributed by atoms with van der Waals surface area (Å²) in [7, 11) is 1.63. The molecule has 1 aromatic heterocycles. The number of aromatic nitrogens is 3. The number of hydrogen-bond donors (Lipinski definition) is 3. The number of ether oxygens (including phenoxy) is 1. The van der Waals surface area contributed by atoms with Gasteiger partial charge in [-0.05, 0) is 47.5 Å². The van der Waals surface area contributed by atoms with Crippen LogP contribution in [0.25, 0.3) is 0 Å². The van der Waals surface area contributed by atoms with Crippen molar-refractivity contribution >= 4 is 29.7 Å². The van der Waals surface area contributed by atoms with Crippen molar-refractivity contribution in [2.45, 2.75) is 6.54 Å². The summed E-state index contributed by atoms with van der Waals surface area (Å²) >= 11 is 0. The van der Waals surface area contributed by atoms with E-state index in [0.29, 0.717) is 24.4 Å². The Kier molecular flexibility index (Phi) is 6.85. The average molecular weight is 425 g/mol. The molecule has 0 bridgehead atoms. The van der Waals surface area contributed by atoms with Gasteiger partial charge in [0.15, 0.2) is 0 Å². The minimum Gasteiger partial charge on any atom is -0.497 e. The standard InChI is InChI=1S/C24H23N7O/c1-32-21-14-12-19(13-15-21)17-26-31-24-29-22(25-16-18-8-4-2-5-9-18)28-23(30-24)27-20-10-6-3-7-11-20/h2-15,17H,16H2,1H3,(H3,25,27,28,29,30,31)/b26-17-. The van der Waals surface area contributed by atoms with Crippen molar-refractivity contribution in [2.75, 3.05) is 23.2 Å². The van der Waals surface area contributed by atoms with Crippen LogP contribution in [0.15, 0.2) is 90.0 Å². The largest absolute Gasteiger partial charge is 0.497 e. The van der Waals surface area contributed by atoms with Crippen molar-refractivity contribution in [3.63, 3.8) is 0 Å². The fraction of sp³-hybridized carbons (Fsp3) is 0.0833. The molecule has 0 saturated heterocycles. The molecular weight excluding hydrogens is 402 g/mol. The van der Waals surface area contributed by atoms with Crippen molar-refractivity contribution in [1.82, 2.24) is 15.0 Å². The van der Waals surface area contributed by atoms with Crippen molar-refractivity contribution in [3.05, 3.63) is 96.1 Å². The molecule has 8 heteroatoms. The van der Waals surface area contributed by atoms with Gasteiger partial charge in [-0.1, -0.05) is 48.5 Å². The van der Waals surface area contributed by atoms with E-state index in [1.165, 1.54) is 0 Å². The summed E-state index contributed by atoms with van der Waals surface area (Å²) in [6.45, 7) is 0.587. The highest BCUT2D eigenvalue weighted by atomic mass is 16.5. The van der Waals surface area contributed by atoms with Gasteiger partial charge in [0.25, 0.3) is 0 Å². The molecule has 0 aliphatic rings. The van der Waals surface area contributed by atoms with Gasteiger partial charge < -0.3 is 15.4 Å². The van der Waals surface area contributed by atoms with Gasteiger partial charge in [0.2, 0.25) is 17.8 Å². The first-order chi connectivity index (χ1) is 15.8. The SMILES string of the molecule is COc1ccc(/C=N\Nc2nc(NCc3ccccc3)nc(Nc3ccccc3)n2)cc1. The Morgan fingerprint density at radius 2 is 1.44 bits per heavy atom. The average Bonchev–Trinajstić information content (AvgIpc) is 2.84. The number of rotatable bonds is 9. The monoisotopic (exact) mass is 425 g/mol. The third kappa shape index (κ3) is 6.02. The van der Waals surface area contributed by atoms with Crippen LogP contribution in [-0.2, 0) is 6.54 Å². The van der Waals surface area contributed by atoms with Gasteiger partial charge in [-0.25, -0.2) is 5.43 Å². The van der Waals surface area contributed by atoms with Gasteiger partial charge in [0, 0.05) is 12.2 Å². The number of nitrogens with one attached hydrogen (secondary N) is 3. The van der Waals surface area contributed by atoms with Gasteiger partial charge in [-0.15, -0.1) is 0 Å². The first-order valence-corrected chi connectivity index (χ1v) is 10.1. The van der Waals surface area contributed by atoms with Crippen LogP contribution in [0.4, 0.5) is 23.5 Å². The number of nitrogens with zero attached hydrogens (tertiary/aromatic N) is 4. The van der Waals surface area contributed by atoms with Gasteiger partial charge in [-0.3, -0.25) is 0 Å². The second-order valence-corrected chi connectivity index (χ2v) is 6.78. The van der Waals surface area contributed by atoms with Crippen LogP contribution in [-0.4, -0.2) is 28.3 Å². The number of benzene rings is 3. The third-order valence-corrected chi connectivity index (χ3v) is 4.45. The summed E-state index contributed by atoms with van der Waals surface area (Å²) in [4.78, 5) is 13.3. The molecule has 0 fully saturated rings. The zero-order chi connectivity index (χ0) is 22.0. The fourth-order valence-corrected chi connectivity index (χ4v) is 2.84. The van der Waals surface area contributed by atoms with E-state index in [1.807, 2.05) is 84.9 Å². The number of anilines is 4. The van der Waals surface area contributed by atoms with Crippen LogP contribution in [0.3, 0.4) is 0 Å². The molecule has 1 heterocycles. The topological polar surface area (TPSA) is 96.4 Å². The molecule has 8 nitrogen and oxygen atoms in total. The first kappa shape index (κ1) is 20.8. The van der Waals surface area contributed by atoms with Crippen molar-refractivity contribution in [2.24, 2.45) is 5.10 Å². The van der Waals surface area contributed by atoms with E-state index >= 15 is 0 Å². The highest BCUT2D eigenvalue weighted by Crippen LogP contribution is 2.16. The zero-order valence-electron chi connectivity index (χ0n) is 17.6. The molecule has 3 N–H and O–H groups in total. The summed E-state index contributed by atoms with van der Waals surface area (Å²) in [6.07, 6.45) is 1.69. The smallest absolute Gasteiger partial charge is 0.250 e. The predicted octanol–water partition coefficient (Wildman–Crippen LogP) is 4.68. The molecule has 0 amide bonds. The highest BCUT2D eigenvalue weighted by molar-refractivity contribution is 5.80. The Hall–Kier alpha value is -4.46. The lowest BCUT2D eigenvalue weighted by molar-refractivity contribution is 0.415. The van der Waals surface area contributed by atoms with E-state index in [2.05, 4.69) is 36.1 Å². The molecule has 3 aromatic carbocycles. The Morgan fingerprint density at radius 3 is 2.16 bits per heavy atom. The number of hydrazone groups is 1. The van der Waals surface area contributed by atoms with Crippen LogP contribution in [0.5, 0.6) is 5.75 Å². The van der Waals surface area contributed by atoms with Gasteiger partial charge in [0.05, 0.1) is 13.3 Å². The molecule has 0 unspecified atom stereocenters. The summed E-state index contributed by atoms with van der Waals surface area (Å²) in [5.74, 6) is 1.95. The molecule has 4 rings (SSSR count). The third-order valence-electron chi connectivity index (χ3n) is 4.45. The molecule has 4 aromatic rings. The molecule has 160 valence electrons. The summed E-state index contributed by atoms with van der Waals surface area (Å²) < 4.78 is 5.17. The number of hydrogen-bond acceptors (Lipinski definition) is 8. The number of para-hydroxylation sites is 1. The lowest BCUT2D eigenvalue weighted by Crippen LogP contribution is -2.09. The number of methoxy groups -OCH3 is 1. The Bertz CT molecular complexity index is 1150. The minimum absolute atomic E-state index is 0.318. The minimum atomic E-state index is 0.318. The second kappa shape index (κ2) is 10.5. The van der Waals surface area contributed by atoms with Gasteiger partial charge >= 0.3 is 0 Å². The van der Waals surface area contributed by atoms with Crippen molar-refractivity contribution in [3.8, 4) is 5.75 Å². The normalized spacial score (nSPS) is 10.7. The second-order valence-electron chi connectivity index (χ2n) is 6.78. The quantitative estimate of drug-likeness (QED) is 0.265. The lowest BCUT2D eigenvalue weighted by atomic mass is 10.2. The zero-order valence-corrected chi connectivity index (χ0v) is 17.6. The molecule has 0 radical (unpaired) electrons. The molecule has 0 saturated carbocycles. The maximum Gasteiger partial charge on any atom is 0.250 e. The highest BCUT2D eigenvalue weighted by Gasteiger charge is 2.07. The van der Waals surface area contributed by atoms with Crippen LogP contribution in [0.2, 0.25) is 0 Å². The Morgan fingerprint density at radius 1 is 0.781 bits per heavy atom. The van der Waals surface area contributed by atoms with Crippen LogP contribution in [0, 0.1) is 0 Å². The maximum absolute atomic E-state index is 5.17. The molecule has 0 aliphatic heterocycles. The van der Waals surface area contributed by atoms with E-state index in [9.17, 15) is 0 Å². The van der Waals surface area contributed by atoms with Crippen LogP contribution in [0.1, 0.15) is 11.1 Å². The summed E-state index contributed by atoms with van der Waals surface area (Å²) in [5.41, 5.74) is 5.79. The lowest BCUT2D eigenvalue weighted by Gasteiger charge is -2.10. The van der Waals surface area contributed by atoms with Gasteiger partial charge in [-0.2, -0.15) is 20.1 Å². The Balaban J connectivity index is 1.50. The molecule has 32 heavy (non-hydrogen) atoms. The van der Waals surface area contributed by atoms with E-state index in [-0.39, 0.29) is 0 Å². The van der Waals surface area contributed by atoms with E-state index in [0.717, 1.165) is 22.6 Å².